The van der Waals surface area contributed by atoms with E-state index in [2.05, 4.69) is 4.99 Å². The second kappa shape index (κ2) is 11.9. The summed E-state index contributed by atoms with van der Waals surface area (Å²) in [5.74, 6) is 0.751. The van der Waals surface area contributed by atoms with Crippen LogP contribution in [0.2, 0.25) is 10.0 Å². The number of nitrogens with two attached hydrogens (primary N) is 1. The molecule has 2 amide bonds. The Labute approximate surface area is 260 Å². The molecule has 2 aromatic carbocycles. The van der Waals surface area contributed by atoms with Crippen LogP contribution < -0.4 is 15.2 Å². The number of hydrogen-bond acceptors (Lipinski definition) is 7. The zero-order valence-electron chi connectivity index (χ0n) is 24.8. The van der Waals surface area contributed by atoms with Crippen molar-refractivity contribution >= 4 is 46.8 Å². The maximum Gasteiger partial charge on any atom is 0.274 e. The van der Waals surface area contributed by atoms with Crippen molar-refractivity contribution in [2.24, 2.45) is 10.7 Å². The summed E-state index contributed by atoms with van der Waals surface area (Å²) >= 11 is 12.8. The fraction of sp³-hybridized carbons (Fsp3) is 0.355. The smallest absolute Gasteiger partial charge is 0.274 e. The van der Waals surface area contributed by atoms with Gasteiger partial charge in [0.1, 0.15) is 24.7 Å². The largest absolute Gasteiger partial charge is 0.496 e. The maximum absolute atomic E-state index is 13.8. The molecular formula is C31H34Cl2N6O4. The third kappa shape index (κ3) is 5.94. The van der Waals surface area contributed by atoms with Crippen molar-refractivity contribution in [2.45, 2.75) is 39.3 Å². The van der Waals surface area contributed by atoms with Crippen LogP contribution in [0.1, 0.15) is 48.8 Å². The molecule has 0 spiro atoms. The molecule has 10 nitrogen and oxygen atoms in total. The Morgan fingerprint density at radius 2 is 1.86 bits per heavy atom. The number of methoxy groups -OCH3 is 1. The van der Waals surface area contributed by atoms with Crippen molar-refractivity contribution < 1.29 is 19.1 Å². The predicted octanol–water partition coefficient (Wildman–Crippen LogP) is 5.22. The summed E-state index contributed by atoms with van der Waals surface area (Å²) in [5.41, 5.74) is 9.53. The van der Waals surface area contributed by atoms with Crippen molar-refractivity contribution in [3.8, 4) is 28.4 Å². The monoisotopic (exact) mass is 624 g/mol. The van der Waals surface area contributed by atoms with E-state index in [1.165, 1.54) is 6.20 Å². The predicted molar refractivity (Wildman–Crippen MR) is 168 cm³/mol. The van der Waals surface area contributed by atoms with Gasteiger partial charge in [-0.15, -0.1) is 0 Å². The minimum atomic E-state index is -0.446. The molecule has 226 valence electrons. The molecule has 1 saturated heterocycles. The van der Waals surface area contributed by atoms with Crippen LogP contribution in [0.5, 0.6) is 11.5 Å². The van der Waals surface area contributed by atoms with E-state index < -0.39 is 5.54 Å². The van der Waals surface area contributed by atoms with E-state index in [9.17, 15) is 9.59 Å². The molecule has 5 rings (SSSR count). The third-order valence-electron chi connectivity index (χ3n) is 7.67. The Balaban J connectivity index is 1.66. The standard InChI is InChI=1S/C31H34Cl2N6O4/c1-31(2,3)37(4)30(41)28-24-17-43-26-13-25(42-5)22(18(14-34)15-35-16-27(40)38-7-6-8-38)12-23(26)29(24)39(36-28)21-10-19(32)9-20(33)11-21/h9-15H,6-8,16-17,34H2,1-5H3. The highest BCUT2D eigenvalue weighted by Gasteiger charge is 2.35. The van der Waals surface area contributed by atoms with E-state index in [-0.39, 0.29) is 30.7 Å². The Kier molecular flexibility index (Phi) is 8.45. The lowest BCUT2D eigenvalue weighted by Crippen LogP contribution is -2.43. The lowest BCUT2D eigenvalue weighted by molar-refractivity contribution is -0.132. The summed E-state index contributed by atoms with van der Waals surface area (Å²) < 4.78 is 13.5. The first-order chi connectivity index (χ1) is 20.4. The van der Waals surface area contributed by atoms with Gasteiger partial charge in [0.05, 0.1) is 18.5 Å². The lowest BCUT2D eigenvalue weighted by atomic mass is 9.96. The molecule has 0 bridgehead atoms. The topological polar surface area (TPSA) is 115 Å². The van der Waals surface area contributed by atoms with Gasteiger partial charge in [-0.3, -0.25) is 14.6 Å². The summed E-state index contributed by atoms with van der Waals surface area (Å²) in [6.45, 7) is 7.51. The Hall–Kier alpha value is -4.02. The first-order valence-corrected chi connectivity index (χ1v) is 14.6. The minimum absolute atomic E-state index is 0.0208. The number of carbonyl (C=O) groups is 2. The number of hydrogen-bond donors (Lipinski definition) is 1. The third-order valence-corrected chi connectivity index (χ3v) is 8.11. The molecule has 3 heterocycles. The van der Waals surface area contributed by atoms with E-state index in [0.29, 0.717) is 55.2 Å². The van der Waals surface area contributed by atoms with Gasteiger partial charge in [-0.05, 0) is 51.5 Å². The number of ether oxygens (including phenoxy) is 2. The number of nitrogens with zero attached hydrogens (tertiary/aromatic N) is 5. The molecule has 0 radical (unpaired) electrons. The van der Waals surface area contributed by atoms with Crippen molar-refractivity contribution in [3.63, 3.8) is 0 Å². The molecule has 12 heteroatoms. The van der Waals surface area contributed by atoms with Crippen molar-refractivity contribution in [1.82, 2.24) is 19.6 Å². The highest BCUT2D eigenvalue weighted by Crippen LogP contribution is 2.45. The summed E-state index contributed by atoms with van der Waals surface area (Å²) in [6.07, 6.45) is 3.99. The molecular weight excluding hydrogens is 591 g/mol. The number of halogens is 2. The molecule has 1 fully saturated rings. The number of amides is 2. The maximum atomic E-state index is 13.8. The van der Waals surface area contributed by atoms with Gasteiger partial charge < -0.3 is 25.0 Å². The number of aromatic nitrogens is 2. The van der Waals surface area contributed by atoms with Crippen molar-refractivity contribution in [1.29, 1.82) is 0 Å². The van der Waals surface area contributed by atoms with Crippen LogP contribution in [-0.2, 0) is 11.4 Å². The number of likely N-dealkylation sites (tertiary alicyclic amines) is 1. The van der Waals surface area contributed by atoms with Gasteiger partial charge >= 0.3 is 0 Å². The molecule has 43 heavy (non-hydrogen) atoms. The minimum Gasteiger partial charge on any atom is -0.496 e. The van der Waals surface area contributed by atoms with Gasteiger partial charge in [-0.25, -0.2) is 4.68 Å². The van der Waals surface area contributed by atoms with Crippen LogP contribution in [0.15, 0.2) is 41.5 Å². The number of rotatable bonds is 7. The number of aliphatic imine (C=N–C) groups is 1. The van der Waals surface area contributed by atoms with Crippen LogP contribution in [0.4, 0.5) is 0 Å². The first-order valence-electron chi connectivity index (χ1n) is 13.8. The van der Waals surface area contributed by atoms with Gasteiger partial charge in [0.15, 0.2) is 5.69 Å². The van der Waals surface area contributed by atoms with Gasteiger partial charge in [0.2, 0.25) is 5.91 Å². The molecule has 2 aliphatic heterocycles. The molecule has 1 aromatic heterocycles. The van der Waals surface area contributed by atoms with Crippen LogP contribution in [0, 0.1) is 0 Å². The lowest BCUT2D eigenvalue weighted by Gasteiger charge is -2.31. The van der Waals surface area contributed by atoms with E-state index >= 15 is 0 Å². The number of fused-ring (bicyclic) bond motifs is 3. The van der Waals surface area contributed by atoms with Crippen LogP contribution >= 0.6 is 23.2 Å². The number of allylic oxidation sites excluding steroid dienone is 1. The zero-order valence-corrected chi connectivity index (χ0v) is 26.3. The normalized spacial score (nSPS) is 14.6. The van der Waals surface area contributed by atoms with Crippen molar-refractivity contribution in [2.75, 3.05) is 33.8 Å². The Bertz CT molecular complexity index is 1630. The van der Waals surface area contributed by atoms with E-state index in [1.807, 2.05) is 26.8 Å². The molecule has 0 atom stereocenters. The molecule has 3 aromatic rings. The second-order valence-corrected chi connectivity index (χ2v) is 12.3. The fourth-order valence-electron chi connectivity index (χ4n) is 4.85. The van der Waals surface area contributed by atoms with Gasteiger partial charge in [0, 0.05) is 76.5 Å². The second-order valence-electron chi connectivity index (χ2n) is 11.4. The van der Waals surface area contributed by atoms with Crippen LogP contribution in [0.3, 0.4) is 0 Å². The van der Waals surface area contributed by atoms with Gasteiger partial charge in [-0.1, -0.05) is 23.2 Å². The fourth-order valence-corrected chi connectivity index (χ4v) is 5.36. The van der Waals surface area contributed by atoms with Crippen molar-refractivity contribution in [3.05, 3.63) is 63.4 Å². The molecule has 2 N–H and O–H groups in total. The zero-order chi connectivity index (χ0) is 31.1. The van der Waals surface area contributed by atoms with Gasteiger partial charge in [-0.2, -0.15) is 5.10 Å². The van der Waals surface area contributed by atoms with Crippen LogP contribution in [-0.4, -0.2) is 76.9 Å². The summed E-state index contributed by atoms with van der Waals surface area (Å²) in [7, 11) is 3.30. The van der Waals surface area contributed by atoms with E-state index in [0.717, 1.165) is 19.5 Å². The quantitative estimate of drug-likeness (QED) is 0.360. The Morgan fingerprint density at radius 1 is 1.16 bits per heavy atom. The number of carbonyl (C=O) groups excluding carboxylic acids is 2. The van der Waals surface area contributed by atoms with Crippen LogP contribution in [0.25, 0.3) is 22.5 Å². The Morgan fingerprint density at radius 3 is 2.44 bits per heavy atom. The highest BCUT2D eigenvalue weighted by molar-refractivity contribution is 6.34. The molecule has 2 aliphatic rings. The average Bonchev–Trinajstić information content (AvgIpc) is 3.32. The average molecular weight is 626 g/mol. The van der Waals surface area contributed by atoms with E-state index in [1.54, 1.807) is 59.1 Å². The summed E-state index contributed by atoms with van der Waals surface area (Å²) in [4.78, 5) is 33.9. The summed E-state index contributed by atoms with van der Waals surface area (Å²) in [5, 5.41) is 5.65. The van der Waals surface area contributed by atoms with E-state index in [4.69, 9.17) is 43.5 Å². The molecule has 0 aliphatic carbocycles. The summed E-state index contributed by atoms with van der Waals surface area (Å²) in [6, 6.07) is 8.72. The highest BCUT2D eigenvalue weighted by atomic mass is 35.5. The number of benzene rings is 2. The molecule has 0 saturated carbocycles. The first kappa shape index (κ1) is 30.4. The SMILES string of the molecule is COc1cc2c(cc1C(C=NCC(=O)N1CCC1)=CN)-c1c(c(C(=O)N(C)C(C)(C)C)nn1-c1cc(Cl)cc(Cl)c1)CO2. The molecule has 0 unspecified atom stereocenters. The van der Waals surface area contributed by atoms with Gasteiger partial charge in [0.25, 0.3) is 5.91 Å².